The van der Waals surface area contributed by atoms with Crippen LogP contribution in [0.5, 0.6) is 0 Å². The Morgan fingerprint density at radius 1 is 1.47 bits per heavy atom. The summed E-state index contributed by atoms with van der Waals surface area (Å²) in [7, 11) is 0. The molecule has 0 N–H and O–H groups in total. The van der Waals surface area contributed by atoms with Crippen molar-refractivity contribution in [2.75, 3.05) is 5.75 Å². The van der Waals surface area contributed by atoms with Gasteiger partial charge >= 0.3 is 0 Å². The van der Waals surface area contributed by atoms with Crippen LogP contribution >= 0.6 is 23.4 Å². The van der Waals surface area contributed by atoms with Gasteiger partial charge < -0.3 is 0 Å². The van der Waals surface area contributed by atoms with Gasteiger partial charge in [-0.25, -0.2) is 4.98 Å². The van der Waals surface area contributed by atoms with E-state index in [4.69, 9.17) is 11.6 Å². The Morgan fingerprint density at radius 3 is 2.89 bits per heavy atom. The van der Waals surface area contributed by atoms with E-state index in [9.17, 15) is 4.79 Å². The van der Waals surface area contributed by atoms with Gasteiger partial charge in [0.2, 0.25) is 0 Å². The highest BCUT2D eigenvalue weighted by atomic mass is 35.5. The molecular weight excluding hydrogens is 280 g/mol. The zero-order valence-electron chi connectivity index (χ0n) is 10.9. The van der Waals surface area contributed by atoms with E-state index in [0.29, 0.717) is 17.7 Å². The third-order valence-corrected chi connectivity index (χ3v) is 3.78. The molecule has 2 rings (SSSR count). The second kappa shape index (κ2) is 6.26. The topological polar surface area (TPSA) is 34.9 Å². The van der Waals surface area contributed by atoms with E-state index in [2.05, 4.69) is 4.98 Å². The van der Waals surface area contributed by atoms with Gasteiger partial charge in [-0.3, -0.25) is 9.36 Å². The number of hydrogen-bond donors (Lipinski definition) is 0. The van der Waals surface area contributed by atoms with Gasteiger partial charge in [0.05, 0.1) is 10.9 Å². The van der Waals surface area contributed by atoms with Crippen molar-refractivity contribution < 1.29 is 0 Å². The van der Waals surface area contributed by atoms with Crippen LogP contribution in [0.25, 0.3) is 10.9 Å². The van der Waals surface area contributed by atoms with Gasteiger partial charge in [0.15, 0.2) is 5.16 Å². The molecule has 1 aromatic carbocycles. The molecule has 0 amide bonds. The highest BCUT2D eigenvalue weighted by molar-refractivity contribution is 7.99. The van der Waals surface area contributed by atoms with Crippen molar-refractivity contribution >= 4 is 34.3 Å². The fraction of sp³-hybridized carbons (Fsp3) is 0.286. The SMILES string of the molecule is CCn1c(SCC=C(C)Cl)nc2ccccc2c1=O. The van der Waals surface area contributed by atoms with E-state index >= 15 is 0 Å². The van der Waals surface area contributed by atoms with Crippen molar-refractivity contribution in [1.82, 2.24) is 9.55 Å². The highest BCUT2D eigenvalue weighted by Crippen LogP contribution is 2.18. The molecule has 0 spiro atoms. The van der Waals surface area contributed by atoms with Crippen LogP contribution in [-0.4, -0.2) is 15.3 Å². The molecule has 1 aromatic heterocycles. The number of benzene rings is 1. The Balaban J connectivity index is 2.48. The molecule has 0 bridgehead atoms. The lowest BCUT2D eigenvalue weighted by molar-refractivity contribution is 0.635. The number of thioether (sulfide) groups is 1. The first-order valence-corrected chi connectivity index (χ1v) is 7.44. The molecule has 0 saturated heterocycles. The minimum Gasteiger partial charge on any atom is -0.287 e. The minimum absolute atomic E-state index is 0.0159. The number of halogens is 1. The second-order valence-corrected chi connectivity index (χ2v) is 5.65. The molecule has 3 nitrogen and oxygen atoms in total. The summed E-state index contributed by atoms with van der Waals surface area (Å²) in [5, 5.41) is 2.15. The van der Waals surface area contributed by atoms with E-state index in [1.54, 1.807) is 4.57 Å². The number of nitrogens with zero attached hydrogens (tertiary/aromatic N) is 2. The van der Waals surface area contributed by atoms with Crippen LogP contribution in [0.4, 0.5) is 0 Å². The van der Waals surface area contributed by atoms with Crippen molar-refractivity contribution in [2.24, 2.45) is 0 Å². The van der Waals surface area contributed by atoms with Crippen LogP contribution < -0.4 is 5.56 Å². The zero-order valence-corrected chi connectivity index (χ0v) is 12.5. The van der Waals surface area contributed by atoms with Crippen LogP contribution in [0, 0.1) is 0 Å². The lowest BCUT2D eigenvalue weighted by Gasteiger charge is -2.10. The van der Waals surface area contributed by atoms with Gasteiger partial charge in [0.1, 0.15) is 0 Å². The van der Waals surface area contributed by atoms with E-state index < -0.39 is 0 Å². The van der Waals surface area contributed by atoms with Crippen LogP contribution in [0.3, 0.4) is 0 Å². The van der Waals surface area contributed by atoms with Gasteiger partial charge in [-0.05, 0) is 26.0 Å². The van der Waals surface area contributed by atoms with Crippen LogP contribution in [0.2, 0.25) is 0 Å². The fourth-order valence-corrected chi connectivity index (χ4v) is 2.95. The number of hydrogen-bond acceptors (Lipinski definition) is 3. The first-order valence-electron chi connectivity index (χ1n) is 6.08. The quantitative estimate of drug-likeness (QED) is 0.638. The summed E-state index contributed by atoms with van der Waals surface area (Å²) >= 11 is 7.32. The van der Waals surface area contributed by atoms with E-state index in [0.717, 1.165) is 15.7 Å². The molecule has 0 saturated carbocycles. The third-order valence-electron chi connectivity index (χ3n) is 2.72. The fourth-order valence-electron chi connectivity index (χ4n) is 1.77. The Labute approximate surface area is 121 Å². The summed E-state index contributed by atoms with van der Waals surface area (Å²) in [6.07, 6.45) is 1.91. The average Bonchev–Trinajstić information content (AvgIpc) is 2.39. The number of aromatic nitrogens is 2. The Morgan fingerprint density at radius 2 is 2.21 bits per heavy atom. The molecule has 19 heavy (non-hydrogen) atoms. The molecule has 0 unspecified atom stereocenters. The summed E-state index contributed by atoms with van der Waals surface area (Å²) in [4.78, 5) is 16.9. The summed E-state index contributed by atoms with van der Waals surface area (Å²) in [5.74, 6) is 0.708. The smallest absolute Gasteiger partial charge is 0.262 e. The van der Waals surface area contributed by atoms with Crippen molar-refractivity contribution in [3.63, 3.8) is 0 Å². The number of rotatable bonds is 4. The average molecular weight is 295 g/mol. The van der Waals surface area contributed by atoms with E-state index in [-0.39, 0.29) is 5.56 Å². The maximum atomic E-state index is 12.3. The minimum atomic E-state index is 0.0159. The largest absolute Gasteiger partial charge is 0.287 e. The summed E-state index contributed by atoms with van der Waals surface area (Å²) < 4.78 is 1.70. The summed E-state index contributed by atoms with van der Waals surface area (Å²) in [6.45, 7) is 4.40. The summed E-state index contributed by atoms with van der Waals surface area (Å²) in [5.41, 5.74) is 0.758. The van der Waals surface area contributed by atoms with Crippen molar-refractivity contribution in [3.05, 3.63) is 45.7 Å². The van der Waals surface area contributed by atoms with Crippen molar-refractivity contribution in [3.8, 4) is 0 Å². The maximum Gasteiger partial charge on any atom is 0.262 e. The molecule has 0 aliphatic rings. The molecule has 0 aliphatic carbocycles. The van der Waals surface area contributed by atoms with Gasteiger partial charge in [0, 0.05) is 17.3 Å². The standard InChI is InChI=1S/C14H15ClN2OS/c1-3-17-13(18)11-6-4-5-7-12(11)16-14(17)19-9-8-10(2)15/h4-8H,3,9H2,1-2H3. The monoisotopic (exact) mass is 294 g/mol. The van der Waals surface area contributed by atoms with Crippen LogP contribution in [-0.2, 0) is 6.54 Å². The first kappa shape index (κ1) is 14.2. The Hall–Kier alpha value is -1.26. The summed E-state index contributed by atoms with van der Waals surface area (Å²) in [6, 6.07) is 7.43. The van der Waals surface area contributed by atoms with Gasteiger partial charge in [-0.15, -0.1) is 0 Å². The lowest BCUT2D eigenvalue weighted by atomic mass is 10.2. The molecule has 1 heterocycles. The van der Waals surface area contributed by atoms with Crippen LogP contribution in [0.15, 0.2) is 45.3 Å². The predicted molar refractivity (Wildman–Crippen MR) is 82.0 cm³/mol. The number of allylic oxidation sites excluding steroid dienone is 1. The highest BCUT2D eigenvalue weighted by Gasteiger charge is 2.09. The third kappa shape index (κ3) is 3.19. The van der Waals surface area contributed by atoms with Crippen molar-refractivity contribution in [1.29, 1.82) is 0 Å². The lowest BCUT2D eigenvalue weighted by Crippen LogP contribution is -2.22. The molecule has 0 aliphatic heterocycles. The number of para-hydroxylation sites is 1. The zero-order chi connectivity index (χ0) is 13.8. The Kier molecular flexibility index (Phi) is 4.66. The normalized spacial score (nSPS) is 12.1. The molecule has 0 atom stereocenters. The molecule has 0 fully saturated rings. The Bertz CT molecular complexity index is 675. The first-order chi connectivity index (χ1) is 9.13. The molecule has 0 radical (unpaired) electrons. The van der Waals surface area contributed by atoms with E-state index in [1.165, 1.54) is 11.8 Å². The number of fused-ring (bicyclic) bond motifs is 1. The maximum absolute atomic E-state index is 12.3. The molecular formula is C14H15ClN2OS. The molecule has 100 valence electrons. The second-order valence-electron chi connectivity index (χ2n) is 4.06. The van der Waals surface area contributed by atoms with E-state index in [1.807, 2.05) is 44.2 Å². The van der Waals surface area contributed by atoms with Crippen LogP contribution in [0.1, 0.15) is 13.8 Å². The van der Waals surface area contributed by atoms with Gasteiger partial charge in [-0.1, -0.05) is 41.6 Å². The van der Waals surface area contributed by atoms with Gasteiger partial charge in [-0.2, -0.15) is 0 Å². The van der Waals surface area contributed by atoms with Gasteiger partial charge in [0.25, 0.3) is 5.56 Å². The predicted octanol–water partition coefficient (Wildman–Crippen LogP) is 3.65. The molecule has 2 aromatic rings. The molecule has 5 heteroatoms. The van der Waals surface area contributed by atoms with Crippen molar-refractivity contribution in [2.45, 2.75) is 25.5 Å².